The van der Waals surface area contributed by atoms with Gasteiger partial charge in [0.1, 0.15) is 17.4 Å². The van der Waals surface area contributed by atoms with E-state index in [1.165, 1.54) is 31.0 Å². The van der Waals surface area contributed by atoms with E-state index in [1.807, 2.05) is 0 Å². The normalized spacial score (nSPS) is 14.0. The van der Waals surface area contributed by atoms with Crippen LogP contribution in [0.1, 0.15) is 29.2 Å². The summed E-state index contributed by atoms with van der Waals surface area (Å²) in [4.78, 5) is 25.3. The van der Waals surface area contributed by atoms with Crippen LogP contribution in [0.25, 0.3) is 10.6 Å². The molecule has 0 spiro atoms. The van der Waals surface area contributed by atoms with Crippen LogP contribution in [0.4, 0.5) is 13.2 Å². The Hall–Kier alpha value is -2.27. The molecule has 27 heavy (non-hydrogen) atoms. The number of hydrogen-bond donors (Lipinski definition) is 1. The number of aliphatic hydroxyl groups excluding tert-OH is 1. The lowest BCUT2D eigenvalue weighted by Crippen LogP contribution is -2.40. The van der Waals surface area contributed by atoms with E-state index >= 15 is 0 Å². The van der Waals surface area contributed by atoms with Gasteiger partial charge in [0.2, 0.25) is 0 Å². The third-order valence-corrected chi connectivity index (χ3v) is 4.77. The minimum atomic E-state index is -4.53. The number of nitroso groups, excluding NO2 is 1. The molecule has 2 rings (SSSR count). The van der Waals surface area contributed by atoms with Gasteiger partial charge in [-0.3, -0.25) is 9.48 Å². The maximum atomic E-state index is 12.9. The van der Waals surface area contributed by atoms with Gasteiger partial charge in [-0.1, -0.05) is 5.18 Å². The Bertz CT molecular complexity index is 816. The van der Waals surface area contributed by atoms with Crippen LogP contribution in [0.3, 0.4) is 0 Å². The second kappa shape index (κ2) is 8.17. The molecular formula is C16H19F3N4O3S. The van der Waals surface area contributed by atoms with Gasteiger partial charge in [-0.2, -0.15) is 23.2 Å². The van der Waals surface area contributed by atoms with Crippen molar-refractivity contribution in [3.63, 3.8) is 0 Å². The lowest BCUT2D eigenvalue weighted by molar-refractivity contribution is -0.143. The number of aromatic nitrogens is 2. The Morgan fingerprint density at radius 1 is 1.37 bits per heavy atom. The van der Waals surface area contributed by atoms with E-state index in [9.17, 15) is 28.0 Å². The standard InChI is InChI=1S/C16H19F3N4O3S/c1-9(21-26)7-23(8-10(2)24)15(25)13-5-4-12(27-13)11-6-14(16(17,18)19)22(3)20-11/h4-6,9-10,24H,7-8H2,1-3H3. The van der Waals surface area contributed by atoms with Crippen molar-refractivity contribution in [1.29, 1.82) is 0 Å². The van der Waals surface area contributed by atoms with Crippen LogP contribution in [0.15, 0.2) is 23.4 Å². The van der Waals surface area contributed by atoms with Crippen molar-refractivity contribution in [1.82, 2.24) is 14.7 Å². The maximum absolute atomic E-state index is 12.9. The van der Waals surface area contributed by atoms with Crippen LogP contribution in [-0.2, 0) is 13.2 Å². The summed E-state index contributed by atoms with van der Waals surface area (Å²) in [5.41, 5.74) is -0.778. The number of nitrogens with zero attached hydrogens (tertiary/aromatic N) is 4. The molecule has 0 aromatic carbocycles. The van der Waals surface area contributed by atoms with E-state index in [4.69, 9.17) is 0 Å². The number of carbonyl (C=O) groups is 1. The molecule has 0 saturated heterocycles. The molecule has 0 radical (unpaired) electrons. The van der Waals surface area contributed by atoms with Crippen molar-refractivity contribution >= 4 is 17.2 Å². The minimum Gasteiger partial charge on any atom is -0.392 e. The highest BCUT2D eigenvalue weighted by molar-refractivity contribution is 7.17. The summed E-state index contributed by atoms with van der Waals surface area (Å²) in [5.74, 6) is -0.436. The molecule has 0 aliphatic carbocycles. The predicted octanol–water partition coefficient (Wildman–Crippen LogP) is 3.15. The fourth-order valence-corrected chi connectivity index (χ4v) is 3.44. The number of alkyl halides is 3. The van der Waals surface area contributed by atoms with Crippen LogP contribution in [-0.4, -0.2) is 50.9 Å². The molecule has 0 saturated carbocycles. The van der Waals surface area contributed by atoms with Gasteiger partial charge in [0.25, 0.3) is 5.91 Å². The van der Waals surface area contributed by atoms with Gasteiger partial charge in [0.05, 0.1) is 15.9 Å². The van der Waals surface area contributed by atoms with Crippen molar-refractivity contribution in [2.75, 3.05) is 13.1 Å². The average molecular weight is 404 g/mol. The molecule has 148 valence electrons. The fraction of sp³-hybridized carbons (Fsp3) is 0.500. The van der Waals surface area contributed by atoms with Crippen molar-refractivity contribution in [3.05, 3.63) is 33.7 Å². The monoisotopic (exact) mass is 404 g/mol. The fourth-order valence-electron chi connectivity index (χ4n) is 2.51. The third-order valence-electron chi connectivity index (χ3n) is 3.68. The summed E-state index contributed by atoms with van der Waals surface area (Å²) in [6, 6.07) is 3.27. The zero-order chi connectivity index (χ0) is 20.4. The molecule has 2 heterocycles. The largest absolute Gasteiger partial charge is 0.433 e. The Morgan fingerprint density at radius 3 is 2.56 bits per heavy atom. The minimum absolute atomic E-state index is 0.00767. The molecule has 1 amide bonds. The zero-order valence-electron chi connectivity index (χ0n) is 14.9. The maximum Gasteiger partial charge on any atom is 0.433 e. The van der Waals surface area contributed by atoms with Crippen molar-refractivity contribution in [3.8, 4) is 10.6 Å². The van der Waals surface area contributed by atoms with E-state index < -0.39 is 29.9 Å². The molecule has 2 atom stereocenters. The van der Waals surface area contributed by atoms with E-state index in [2.05, 4.69) is 10.3 Å². The molecule has 0 fully saturated rings. The van der Waals surface area contributed by atoms with Crippen molar-refractivity contribution < 1.29 is 23.1 Å². The number of thiophene rings is 1. The summed E-state index contributed by atoms with van der Waals surface area (Å²) in [6.07, 6.45) is -5.33. The highest BCUT2D eigenvalue weighted by Gasteiger charge is 2.35. The van der Waals surface area contributed by atoms with E-state index in [0.29, 0.717) is 4.88 Å². The first-order valence-electron chi connectivity index (χ1n) is 8.04. The molecule has 1 N–H and O–H groups in total. The van der Waals surface area contributed by atoms with Gasteiger partial charge in [0.15, 0.2) is 0 Å². The van der Waals surface area contributed by atoms with Gasteiger partial charge in [-0.25, -0.2) is 0 Å². The van der Waals surface area contributed by atoms with Crippen LogP contribution < -0.4 is 0 Å². The molecule has 2 aromatic heterocycles. The molecule has 0 aliphatic rings. The van der Waals surface area contributed by atoms with Crippen LogP contribution >= 0.6 is 11.3 Å². The van der Waals surface area contributed by atoms with E-state index in [0.717, 1.165) is 22.1 Å². The number of aryl methyl sites for hydroxylation is 1. The summed E-state index contributed by atoms with van der Waals surface area (Å²) in [6.45, 7) is 3.09. The van der Waals surface area contributed by atoms with Crippen LogP contribution in [0.5, 0.6) is 0 Å². The van der Waals surface area contributed by atoms with Crippen LogP contribution in [0, 0.1) is 4.91 Å². The van der Waals surface area contributed by atoms with Gasteiger partial charge in [-0.05, 0) is 32.0 Å². The number of halogens is 3. The Labute approximate surface area is 157 Å². The van der Waals surface area contributed by atoms with Crippen molar-refractivity contribution in [2.45, 2.75) is 32.2 Å². The summed E-state index contributed by atoms with van der Waals surface area (Å²) in [7, 11) is 1.20. The van der Waals surface area contributed by atoms with Gasteiger partial charge in [-0.15, -0.1) is 11.3 Å². The van der Waals surface area contributed by atoms with Gasteiger partial charge >= 0.3 is 6.18 Å². The summed E-state index contributed by atoms with van der Waals surface area (Å²) >= 11 is 0.992. The molecule has 0 aliphatic heterocycles. The van der Waals surface area contributed by atoms with Gasteiger partial charge < -0.3 is 10.0 Å². The number of carbonyl (C=O) groups excluding carboxylic acids is 1. The SMILES string of the molecule is CC(O)CN(CC(C)N=O)C(=O)c1ccc(-c2cc(C(F)(F)F)n(C)n2)s1. The molecule has 11 heteroatoms. The number of hydrogen-bond acceptors (Lipinski definition) is 6. The van der Waals surface area contributed by atoms with E-state index in [1.54, 1.807) is 6.92 Å². The molecule has 7 nitrogen and oxygen atoms in total. The molecule has 0 bridgehead atoms. The predicted molar refractivity (Wildman–Crippen MR) is 94.4 cm³/mol. The summed E-state index contributed by atoms with van der Waals surface area (Å²) in [5, 5.41) is 16.3. The molecule has 2 unspecified atom stereocenters. The second-order valence-corrected chi connectivity index (χ2v) is 7.30. The van der Waals surface area contributed by atoms with Gasteiger partial charge in [0, 0.05) is 20.1 Å². The molecular weight excluding hydrogens is 385 g/mol. The van der Waals surface area contributed by atoms with Crippen LogP contribution in [0.2, 0.25) is 0 Å². The first kappa shape index (κ1) is 21.0. The summed E-state index contributed by atoms with van der Waals surface area (Å²) < 4.78 is 39.5. The second-order valence-electron chi connectivity index (χ2n) is 6.21. The number of rotatable bonds is 7. The lowest BCUT2D eigenvalue weighted by Gasteiger charge is -2.24. The van der Waals surface area contributed by atoms with E-state index in [-0.39, 0.29) is 23.7 Å². The zero-order valence-corrected chi connectivity index (χ0v) is 15.7. The smallest absolute Gasteiger partial charge is 0.392 e. The highest BCUT2D eigenvalue weighted by atomic mass is 32.1. The van der Waals surface area contributed by atoms with Crippen molar-refractivity contribution in [2.24, 2.45) is 12.2 Å². The third kappa shape index (κ3) is 5.13. The number of aliphatic hydroxyl groups is 1. The molecule has 2 aromatic rings. The Morgan fingerprint density at radius 2 is 2.04 bits per heavy atom. The Balaban J connectivity index is 2.27. The topological polar surface area (TPSA) is 87.8 Å². The average Bonchev–Trinajstić information content (AvgIpc) is 3.19. The first-order chi connectivity index (χ1) is 12.5. The lowest BCUT2D eigenvalue weighted by atomic mass is 10.2. The highest BCUT2D eigenvalue weighted by Crippen LogP contribution is 2.34. The Kier molecular flexibility index (Phi) is 6.37. The number of amides is 1. The first-order valence-corrected chi connectivity index (χ1v) is 8.85. The quantitative estimate of drug-likeness (QED) is 0.718.